The van der Waals surface area contributed by atoms with Crippen LogP contribution in [0.3, 0.4) is 0 Å². The summed E-state index contributed by atoms with van der Waals surface area (Å²) in [6.45, 7) is 0.451. The molecule has 1 aliphatic heterocycles. The van der Waals surface area contributed by atoms with Crippen molar-refractivity contribution < 1.29 is 28.8 Å². The van der Waals surface area contributed by atoms with Gasteiger partial charge in [0.25, 0.3) is 0 Å². The number of esters is 1. The predicted molar refractivity (Wildman–Crippen MR) is 101 cm³/mol. The van der Waals surface area contributed by atoms with E-state index in [4.69, 9.17) is 18.9 Å². The quantitative estimate of drug-likeness (QED) is 0.404. The summed E-state index contributed by atoms with van der Waals surface area (Å²) in [4.78, 5) is 12.3. The first-order valence-corrected chi connectivity index (χ1v) is 9.51. The molecule has 6 nitrogen and oxygen atoms in total. The van der Waals surface area contributed by atoms with Gasteiger partial charge in [0.15, 0.2) is 6.79 Å². The lowest BCUT2D eigenvalue weighted by atomic mass is 9.97. The fourth-order valence-corrected chi connectivity index (χ4v) is 3.49. The number of rotatable bonds is 9. The molecule has 6 heteroatoms. The van der Waals surface area contributed by atoms with E-state index in [2.05, 4.69) is 0 Å². The highest BCUT2D eigenvalue weighted by Gasteiger charge is 2.39. The van der Waals surface area contributed by atoms with Gasteiger partial charge in [-0.3, -0.25) is 0 Å². The minimum atomic E-state index is -0.520. The lowest BCUT2D eigenvalue weighted by molar-refractivity contribution is 0.00107. The first-order valence-electron chi connectivity index (χ1n) is 9.51. The number of hydrogen-bond donors (Lipinski definition) is 1. The predicted octanol–water partition coefficient (Wildman–Crippen LogP) is 3.62. The van der Waals surface area contributed by atoms with Crippen molar-refractivity contribution in [2.24, 2.45) is 5.92 Å². The molecule has 28 heavy (non-hydrogen) atoms. The van der Waals surface area contributed by atoms with Crippen LogP contribution in [0.2, 0.25) is 0 Å². The van der Waals surface area contributed by atoms with Crippen LogP contribution in [-0.2, 0) is 16.1 Å². The summed E-state index contributed by atoms with van der Waals surface area (Å²) in [5.41, 5.74) is 2.13. The Morgan fingerprint density at radius 3 is 2.71 bits per heavy atom. The third-order valence-electron chi connectivity index (χ3n) is 5.17. The van der Waals surface area contributed by atoms with Gasteiger partial charge in [0, 0.05) is 18.1 Å². The SMILES string of the molecule is COc1cc(OCOCc2ccccc2)c2c(c1)C(=O)OC2CC(O)C1CC1. The van der Waals surface area contributed by atoms with Gasteiger partial charge >= 0.3 is 5.97 Å². The molecular weight excluding hydrogens is 360 g/mol. The summed E-state index contributed by atoms with van der Waals surface area (Å²) in [6, 6.07) is 13.2. The van der Waals surface area contributed by atoms with Crippen LogP contribution in [0.5, 0.6) is 11.5 Å². The zero-order valence-corrected chi connectivity index (χ0v) is 15.8. The second-order valence-electron chi connectivity index (χ2n) is 7.22. The molecule has 0 aromatic heterocycles. The van der Waals surface area contributed by atoms with Gasteiger partial charge in [0.1, 0.15) is 17.6 Å². The minimum Gasteiger partial charge on any atom is -0.497 e. The van der Waals surface area contributed by atoms with E-state index in [-0.39, 0.29) is 6.79 Å². The maximum Gasteiger partial charge on any atom is 0.339 e. The summed E-state index contributed by atoms with van der Waals surface area (Å²) in [7, 11) is 1.53. The Kier molecular flexibility index (Phi) is 5.50. The van der Waals surface area contributed by atoms with Gasteiger partial charge in [-0.05, 0) is 30.4 Å². The van der Waals surface area contributed by atoms with E-state index in [1.807, 2.05) is 30.3 Å². The maximum atomic E-state index is 12.3. The molecule has 1 fully saturated rings. The number of hydrogen-bond acceptors (Lipinski definition) is 6. The molecular formula is C22H24O6. The number of fused-ring (bicyclic) bond motifs is 1. The zero-order chi connectivity index (χ0) is 19.5. The second-order valence-corrected chi connectivity index (χ2v) is 7.22. The zero-order valence-electron chi connectivity index (χ0n) is 15.8. The number of benzene rings is 2. The molecule has 2 aliphatic rings. The van der Waals surface area contributed by atoms with Gasteiger partial charge < -0.3 is 24.1 Å². The topological polar surface area (TPSA) is 74.2 Å². The molecule has 2 aromatic carbocycles. The van der Waals surface area contributed by atoms with E-state index in [0.717, 1.165) is 18.4 Å². The first-order chi connectivity index (χ1) is 13.7. The molecule has 2 aromatic rings. The van der Waals surface area contributed by atoms with Gasteiger partial charge in [-0.2, -0.15) is 0 Å². The van der Waals surface area contributed by atoms with Crippen LogP contribution in [0.1, 0.15) is 46.9 Å². The van der Waals surface area contributed by atoms with Crippen LogP contribution < -0.4 is 9.47 Å². The Balaban J connectivity index is 1.48. The largest absolute Gasteiger partial charge is 0.497 e. The number of methoxy groups -OCH3 is 1. The number of cyclic esters (lactones) is 1. The van der Waals surface area contributed by atoms with Crippen LogP contribution in [0.15, 0.2) is 42.5 Å². The number of ether oxygens (including phenoxy) is 4. The van der Waals surface area contributed by atoms with E-state index in [9.17, 15) is 9.90 Å². The molecule has 148 valence electrons. The Hall–Kier alpha value is -2.57. The molecule has 4 rings (SSSR count). The lowest BCUT2D eigenvalue weighted by Gasteiger charge is -2.18. The van der Waals surface area contributed by atoms with E-state index in [1.165, 1.54) is 7.11 Å². The molecule has 0 bridgehead atoms. The number of aliphatic hydroxyl groups is 1. The van der Waals surface area contributed by atoms with E-state index < -0.39 is 18.2 Å². The standard InChI is InChI=1S/C22H24O6/c1-25-16-9-17-21(20(28-22(17)24)11-18(23)15-7-8-15)19(10-16)27-13-26-12-14-5-3-2-4-6-14/h2-6,9-10,15,18,20,23H,7-8,11-13H2,1H3. The Morgan fingerprint density at radius 2 is 2.00 bits per heavy atom. The molecule has 1 saturated carbocycles. The van der Waals surface area contributed by atoms with Crippen LogP contribution in [0.25, 0.3) is 0 Å². The summed E-state index contributed by atoms with van der Waals surface area (Å²) in [5.74, 6) is 0.884. The minimum absolute atomic E-state index is 0.0284. The van der Waals surface area contributed by atoms with Crippen LogP contribution in [0, 0.1) is 5.92 Å². The van der Waals surface area contributed by atoms with E-state index >= 15 is 0 Å². The van der Waals surface area contributed by atoms with Crippen molar-refractivity contribution >= 4 is 5.97 Å². The van der Waals surface area contributed by atoms with Crippen molar-refractivity contribution in [3.63, 3.8) is 0 Å². The summed E-state index contributed by atoms with van der Waals surface area (Å²) in [6.07, 6.45) is 1.42. The van der Waals surface area contributed by atoms with Crippen molar-refractivity contribution in [1.29, 1.82) is 0 Å². The average molecular weight is 384 g/mol. The molecule has 1 heterocycles. The van der Waals surface area contributed by atoms with Crippen molar-refractivity contribution in [1.82, 2.24) is 0 Å². The van der Waals surface area contributed by atoms with Crippen molar-refractivity contribution in [3.05, 3.63) is 59.2 Å². The third kappa shape index (κ3) is 4.13. The Labute approximate surface area is 164 Å². The van der Waals surface area contributed by atoms with Crippen LogP contribution in [-0.4, -0.2) is 31.1 Å². The molecule has 1 N–H and O–H groups in total. The maximum absolute atomic E-state index is 12.3. The van der Waals surface area contributed by atoms with Gasteiger partial charge in [0.2, 0.25) is 0 Å². The molecule has 2 atom stereocenters. The Bertz CT molecular complexity index is 830. The highest BCUT2D eigenvalue weighted by Crippen LogP contribution is 2.45. The van der Waals surface area contributed by atoms with Gasteiger partial charge in [0.05, 0.1) is 25.4 Å². The first kappa shape index (κ1) is 18.8. The number of carbonyl (C=O) groups excluding carboxylic acids is 1. The molecule has 2 unspecified atom stereocenters. The van der Waals surface area contributed by atoms with Crippen molar-refractivity contribution in [2.45, 2.75) is 38.1 Å². The molecule has 1 aliphatic carbocycles. The van der Waals surface area contributed by atoms with Crippen LogP contribution in [0.4, 0.5) is 0 Å². The van der Waals surface area contributed by atoms with Gasteiger partial charge in [-0.1, -0.05) is 30.3 Å². The smallest absolute Gasteiger partial charge is 0.339 e. The molecule has 0 radical (unpaired) electrons. The number of carbonyl (C=O) groups is 1. The fraction of sp³-hybridized carbons (Fsp3) is 0.409. The van der Waals surface area contributed by atoms with Crippen LogP contribution >= 0.6 is 0 Å². The highest BCUT2D eigenvalue weighted by molar-refractivity contribution is 5.95. The van der Waals surface area contributed by atoms with E-state index in [1.54, 1.807) is 12.1 Å². The molecule has 0 saturated heterocycles. The highest BCUT2D eigenvalue weighted by atomic mass is 16.7. The monoisotopic (exact) mass is 384 g/mol. The third-order valence-corrected chi connectivity index (χ3v) is 5.17. The fourth-order valence-electron chi connectivity index (χ4n) is 3.49. The summed E-state index contributed by atoms with van der Waals surface area (Å²) in [5, 5.41) is 10.3. The van der Waals surface area contributed by atoms with Gasteiger partial charge in [-0.15, -0.1) is 0 Å². The normalized spacial score (nSPS) is 19.1. The second kappa shape index (κ2) is 8.20. The van der Waals surface area contributed by atoms with Crippen molar-refractivity contribution in [3.8, 4) is 11.5 Å². The van der Waals surface area contributed by atoms with E-state index in [0.29, 0.717) is 41.6 Å². The number of aliphatic hydroxyl groups excluding tert-OH is 1. The molecule has 0 amide bonds. The Morgan fingerprint density at radius 1 is 1.21 bits per heavy atom. The average Bonchev–Trinajstić information content (AvgIpc) is 3.52. The van der Waals surface area contributed by atoms with Crippen molar-refractivity contribution in [2.75, 3.05) is 13.9 Å². The lowest BCUT2D eigenvalue weighted by Crippen LogP contribution is -2.15. The summed E-state index contributed by atoms with van der Waals surface area (Å²) < 4.78 is 22.3. The summed E-state index contributed by atoms with van der Waals surface area (Å²) >= 11 is 0. The molecule has 0 spiro atoms. The van der Waals surface area contributed by atoms with Gasteiger partial charge in [-0.25, -0.2) is 4.79 Å².